The summed E-state index contributed by atoms with van der Waals surface area (Å²) in [5.74, 6) is -0.791. The van der Waals surface area contributed by atoms with Crippen LogP contribution in [0, 0.1) is 0 Å². The monoisotopic (exact) mass is 396 g/mol. The molecular formula is C20H12O5S2. The minimum atomic E-state index is -4.59. The Balaban J connectivity index is 2.01. The number of hydrogen-bond acceptors (Lipinski definition) is 5. The van der Waals surface area contributed by atoms with Crippen LogP contribution in [0.3, 0.4) is 0 Å². The minimum absolute atomic E-state index is 0.00248. The first-order valence-electron chi connectivity index (χ1n) is 7.94. The molecule has 134 valence electrons. The molecule has 7 heteroatoms. The van der Waals surface area contributed by atoms with Gasteiger partial charge in [0.05, 0.1) is 0 Å². The molecule has 1 N–H and O–H groups in total. The molecule has 0 fully saturated rings. The van der Waals surface area contributed by atoms with Crippen molar-refractivity contribution in [2.45, 2.75) is 14.7 Å². The first-order chi connectivity index (χ1) is 12.9. The van der Waals surface area contributed by atoms with E-state index in [0.717, 1.165) is 11.8 Å². The molecule has 1 aliphatic carbocycles. The zero-order chi connectivity index (χ0) is 19.2. The molecule has 0 aromatic heterocycles. The van der Waals surface area contributed by atoms with Crippen LogP contribution in [-0.4, -0.2) is 24.5 Å². The van der Waals surface area contributed by atoms with Crippen molar-refractivity contribution >= 4 is 33.4 Å². The molecule has 4 rings (SSSR count). The Hall–Kier alpha value is -2.74. The van der Waals surface area contributed by atoms with E-state index < -0.39 is 20.8 Å². The molecule has 0 radical (unpaired) electrons. The van der Waals surface area contributed by atoms with Crippen LogP contribution >= 0.6 is 11.8 Å². The van der Waals surface area contributed by atoms with Gasteiger partial charge in [0.2, 0.25) is 0 Å². The second-order valence-electron chi connectivity index (χ2n) is 5.91. The topological polar surface area (TPSA) is 88.5 Å². The van der Waals surface area contributed by atoms with Gasteiger partial charge in [-0.25, -0.2) is 0 Å². The van der Waals surface area contributed by atoms with E-state index in [0.29, 0.717) is 4.90 Å². The van der Waals surface area contributed by atoms with Crippen LogP contribution in [0.5, 0.6) is 0 Å². The molecule has 5 nitrogen and oxygen atoms in total. The highest BCUT2D eigenvalue weighted by atomic mass is 32.2. The summed E-state index contributed by atoms with van der Waals surface area (Å²) in [6.07, 6.45) is 0. The third kappa shape index (κ3) is 2.99. The molecule has 3 aromatic carbocycles. The van der Waals surface area contributed by atoms with Crippen molar-refractivity contribution in [3.8, 4) is 0 Å². The second-order valence-corrected chi connectivity index (χ2v) is 8.38. The second kappa shape index (κ2) is 6.45. The van der Waals surface area contributed by atoms with Crippen LogP contribution < -0.4 is 0 Å². The van der Waals surface area contributed by atoms with E-state index in [-0.39, 0.29) is 32.9 Å². The number of carbonyl (C=O) groups is 2. The van der Waals surface area contributed by atoms with Crippen LogP contribution in [0.15, 0.2) is 81.4 Å². The van der Waals surface area contributed by atoms with Crippen molar-refractivity contribution in [2.75, 3.05) is 0 Å². The first kappa shape index (κ1) is 17.7. The lowest BCUT2D eigenvalue weighted by Crippen LogP contribution is -2.22. The molecule has 27 heavy (non-hydrogen) atoms. The lowest BCUT2D eigenvalue weighted by atomic mass is 9.84. The zero-order valence-electron chi connectivity index (χ0n) is 13.7. The Kier molecular flexibility index (Phi) is 4.22. The average molecular weight is 396 g/mol. The summed E-state index contributed by atoms with van der Waals surface area (Å²) < 4.78 is 33.5. The van der Waals surface area contributed by atoms with E-state index in [1.54, 1.807) is 48.5 Å². The molecule has 1 aliphatic rings. The van der Waals surface area contributed by atoms with Gasteiger partial charge < -0.3 is 0 Å². The fourth-order valence-corrected chi connectivity index (χ4v) is 5.07. The Labute approximate surface area is 159 Å². The van der Waals surface area contributed by atoms with Crippen LogP contribution in [0.2, 0.25) is 0 Å². The Morgan fingerprint density at radius 3 is 1.93 bits per heavy atom. The maximum absolute atomic E-state index is 13.1. The van der Waals surface area contributed by atoms with E-state index in [9.17, 15) is 22.6 Å². The number of carbonyl (C=O) groups excluding carboxylic acids is 2. The van der Waals surface area contributed by atoms with E-state index in [1.165, 1.54) is 18.2 Å². The van der Waals surface area contributed by atoms with Gasteiger partial charge >= 0.3 is 0 Å². The quantitative estimate of drug-likeness (QED) is 0.529. The summed E-state index contributed by atoms with van der Waals surface area (Å²) in [6.45, 7) is 0. The third-order valence-electron chi connectivity index (χ3n) is 4.25. The van der Waals surface area contributed by atoms with Crippen LogP contribution in [-0.2, 0) is 10.1 Å². The largest absolute Gasteiger partial charge is 0.295 e. The van der Waals surface area contributed by atoms with Gasteiger partial charge in [-0.3, -0.25) is 14.1 Å². The normalized spacial score (nSPS) is 13.2. The highest BCUT2D eigenvalue weighted by Crippen LogP contribution is 2.40. The summed E-state index contributed by atoms with van der Waals surface area (Å²) in [6, 6.07) is 17.7. The van der Waals surface area contributed by atoms with Crippen molar-refractivity contribution in [3.63, 3.8) is 0 Å². The molecular weight excluding hydrogens is 384 g/mol. The lowest BCUT2D eigenvalue weighted by Gasteiger charge is -2.21. The molecule has 0 bridgehead atoms. The van der Waals surface area contributed by atoms with Crippen molar-refractivity contribution in [1.82, 2.24) is 0 Å². The van der Waals surface area contributed by atoms with Crippen molar-refractivity contribution < 1.29 is 22.6 Å². The molecule has 0 unspecified atom stereocenters. The summed E-state index contributed by atoms with van der Waals surface area (Å²) in [4.78, 5) is 26.3. The van der Waals surface area contributed by atoms with Crippen molar-refractivity contribution in [3.05, 3.63) is 89.0 Å². The molecule has 0 spiro atoms. The van der Waals surface area contributed by atoms with Crippen molar-refractivity contribution in [1.29, 1.82) is 0 Å². The molecule has 0 atom stereocenters. The van der Waals surface area contributed by atoms with Gasteiger partial charge in [0, 0.05) is 32.0 Å². The minimum Gasteiger partial charge on any atom is -0.289 e. The molecule has 0 heterocycles. The maximum atomic E-state index is 13.1. The number of fused-ring (bicyclic) bond motifs is 2. The van der Waals surface area contributed by atoms with Gasteiger partial charge in [0.15, 0.2) is 11.6 Å². The fourth-order valence-electron chi connectivity index (χ4n) is 3.05. The molecule has 0 amide bonds. The summed E-state index contributed by atoms with van der Waals surface area (Å²) >= 11 is 1.02. The van der Waals surface area contributed by atoms with Gasteiger partial charge in [0.1, 0.15) is 4.90 Å². The van der Waals surface area contributed by atoms with Crippen LogP contribution in [0.1, 0.15) is 31.8 Å². The molecule has 0 saturated carbocycles. The highest BCUT2D eigenvalue weighted by molar-refractivity contribution is 8.00. The smallest absolute Gasteiger partial charge is 0.289 e. The Morgan fingerprint density at radius 1 is 0.704 bits per heavy atom. The predicted molar refractivity (Wildman–Crippen MR) is 100 cm³/mol. The van der Waals surface area contributed by atoms with E-state index in [2.05, 4.69) is 0 Å². The Morgan fingerprint density at radius 2 is 1.30 bits per heavy atom. The van der Waals surface area contributed by atoms with Gasteiger partial charge in [-0.05, 0) is 24.3 Å². The van der Waals surface area contributed by atoms with Gasteiger partial charge in [-0.2, -0.15) is 8.42 Å². The molecule has 0 saturated heterocycles. The predicted octanol–water partition coefficient (Wildman–Crippen LogP) is 3.86. The standard InChI is InChI=1S/C20H12O5S2/c21-18-13-8-4-5-9-14(13)19(22)17-15(18)10-11-16(27(23,24)25)20(17)26-12-6-2-1-3-7-12/h1-11H,(H,23,24,25). The van der Waals surface area contributed by atoms with Gasteiger partial charge in [-0.1, -0.05) is 54.2 Å². The van der Waals surface area contributed by atoms with E-state index in [1.807, 2.05) is 0 Å². The third-order valence-corrected chi connectivity index (χ3v) is 6.41. The summed E-state index contributed by atoms with van der Waals surface area (Å²) in [5, 5.41) is 0. The lowest BCUT2D eigenvalue weighted by molar-refractivity contribution is 0.0976. The van der Waals surface area contributed by atoms with Crippen LogP contribution in [0.4, 0.5) is 0 Å². The maximum Gasteiger partial charge on any atom is 0.295 e. The molecule has 0 aliphatic heterocycles. The van der Waals surface area contributed by atoms with Gasteiger partial charge in [-0.15, -0.1) is 0 Å². The van der Waals surface area contributed by atoms with Gasteiger partial charge in [0.25, 0.3) is 10.1 Å². The summed E-state index contributed by atoms with van der Waals surface area (Å²) in [5.41, 5.74) is 0.634. The molecule has 3 aromatic rings. The number of ketones is 2. The number of rotatable bonds is 3. The first-order valence-corrected chi connectivity index (χ1v) is 10.2. The number of benzene rings is 3. The summed E-state index contributed by atoms with van der Waals surface area (Å²) in [7, 11) is -4.59. The average Bonchev–Trinajstić information content (AvgIpc) is 2.66. The van der Waals surface area contributed by atoms with Crippen molar-refractivity contribution in [2.24, 2.45) is 0 Å². The number of hydrogen-bond donors (Lipinski definition) is 1. The van der Waals surface area contributed by atoms with Crippen LogP contribution in [0.25, 0.3) is 0 Å². The fraction of sp³-hybridized carbons (Fsp3) is 0. The zero-order valence-corrected chi connectivity index (χ0v) is 15.4. The Bertz CT molecular complexity index is 1200. The SMILES string of the molecule is O=C1c2ccccc2C(=O)c2c1ccc(S(=O)(=O)O)c2Sc1ccccc1. The highest BCUT2D eigenvalue weighted by Gasteiger charge is 2.34. The van der Waals surface area contributed by atoms with E-state index >= 15 is 0 Å². The van der Waals surface area contributed by atoms with E-state index in [4.69, 9.17) is 0 Å².